The lowest BCUT2D eigenvalue weighted by molar-refractivity contribution is -0.00778. The lowest BCUT2D eigenvalue weighted by Crippen LogP contribution is -2.55. The highest BCUT2D eigenvalue weighted by Crippen LogP contribution is 2.33. The Morgan fingerprint density at radius 1 is 1.30 bits per heavy atom. The molecule has 2 heterocycles. The maximum atomic E-state index is 12.9. The number of aliphatic hydroxyl groups is 1. The predicted molar refractivity (Wildman–Crippen MR) is 72.9 cm³/mol. The molecule has 1 fully saturated rings. The number of aryl methyl sites for hydroxylation is 2. The minimum Gasteiger partial charge on any atom is -0.465 e. The first-order chi connectivity index (χ1) is 9.21. The second kappa shape index (κ2) is 5.14. The number of aliphatic hydroxyl groups excluding tert-OH is 1. The van der Waals surface area contributed by atoms with Crippen LogP contribution in [0.15, 0.2) is 9.31 Å². The van der Waals surface area contributed by atoms with Crippen molar-refractivity contribution in [2.24, 2.45) is 0 Å². The lowest BCUT2D eigenvalue weighted by atomic mass is 10.1. The van der Waals surface area contributed by atoms with Crippen molar-refractivity contribution in [1.29, 1.82) is 0 Å². The summed E-state index contributed by atoms with van der Waals surface area (Å²) in [6.07, 6.45) is 0. The molecule has 1 saturated heterocycles. The topological polar surface area (TPSA) is 80.0 Å². The van der Waals surface area contributed by atoms with E-state index in [1.807, 2.05) is 13.8 Å². The van der Waals surface area contributed by atoms with Gasteiger partial charge in [-0.2, -0.15) is 4.31 Å². The third-order valence-corrected chi connectivity index (χ3v) is 5.91. The molecule has 0 amide bonds. The maximum absolute atomic E-state index is 12.9. The highest BCUT2D eigenvalue weighted by atomic mass is 32.2. The van der Waals surface area contributed by atoms with E-state index in [0.717, 1.165) is 0 Å². The van der Waals surface area contributed by atoms with E-state index >= 15 is 0 Å². The van der Waals surface area contributed by atoms with Crippen LogP contribution in [0.2, 0.25) is 0 Å². The fraction of sp³-hybridized carbons (Fsp3) is 0.692. The Labute approximate surface area is 119 Å². The van der Waals surface area contributed by atoms with E-state index in [0.29, 0.717) is 36.8 Å². The number of nitrogens with zero attached hydrogens (tertiary/aromatic N) is 1. The second-order valence-electron chi connectivity index (χ2n) is 5.62. The van der Waals surface area contributed by atoms with Gasteiger partial charge < -0.3 is 14.3 Å². The molecule has 2 rings (SSSR count). The summed E-state index contributed by atoms with van der Waals surface area (Å²) in [5.41, 5.74) is -0.286. The number of ether oxygens (including phenoxy) is 1. The zero-order chi connectivity index (χ0) is 15.1. The zero-order valence-electron chi connectivity index (χ0n) is 12.3. The van der Waals surface area contributed by atoms with Crippen LogP contribution in [0, 0.1) is 13.8 Å². The summed E-state index contributed by atoms with van der Waals surface area (Å²) in [6, 6.07) is 0. The van der Waals surface area contributed by atoms with Gasteiger partial charge in [0.25, 0.3) is 0 Å². The fourth-order valence-corrected chi connectivity index (χ4v) is 4.79. The third kappa shape index (κ3) is 2.39. The summed E-state index contributed by atoms with van der Waals surface area (Å²) in [5, 5.41) is 9.44. The number of rotatable bonds is 3. The summed E-state index contributed by atoms with van der Waals surface area (Å²) < 4.78 is 38.0. The second-order valence-corrected chi connectivity index (χ2v) is 7.42. The van der Waals surface area contributed by atoms with Gasteiger partial charge in [0, 0.05) is 12.1 Å². The number of furan rings is 1. The van der Waals surface area contributed by atoms with Crippen LogP contribution in [0.1, 0.15) is 30.9 Å². The third-order valence-electron chi connectivity index (χ3n) is 3.60. The molecule has 6 nitrogen and oxygen atoms in total. The highest BCUT2D eigenvalue weighted by molar-refractivity contribution is 7.89. The number of hydrogen-bond acceptors (Lipinski definition) is 5. The van der Waals surface area contributed by atoms with Crippen LogP contribution in [0.4, 0.5) is 0 Å². The molecule has 1 aromatic heterocycles. The summed E-state index contributed by atoms with van der Waals surface area (Å²) in [4.78, 5) is 0.0903. The van der Waals surface area contributed by atoms with E-state index < -0.39 is 15.6 Å². The average Bonchev–Trinajstić information content (AvgIpc) is 2.63. The standard InChI is InChI=1S/C13H21NO5S/c1-9-11(7-15)12(10(2)19-9)20(16,17)14-5-6-18-8-13(14,3)4/h15H,5-8H2,1-4H3. The van der Waals surface area contributed by atoms with Gasteiger partial charge >= 0.3 is 0 Å². The molecule has 0 spiro atoms. The van der Waals surface area contributed by atoms with Crippen molar-refractivity contribution in [3.05, 3.63) is 17.1 Å². The highest BCUT2D eigenvalue weighted by Gasteiger charge is 2.42. The van der Waals surface area contributed by atoms with Gasteiger partial charge in [0.05, 0.1) is 25.4 Å². The molecule has 0 radical (unpaired) electrons. The number of sulfonamides is 1. The van der Waals surface area contributed by atoms with Gasteiger partial charge in [-0.05, 0) is 27.7 Å². The van der Waals surface area contributed by atoms with Crippen LogP contribution >= 0.6 is 0 Å². The molecule has 0 saturated carbocycles. The average molecular weight is 303 g/mol. The molecule has 0 aromatic carbocycles. The number of hydrogen-bond donors (Lipinski definition) is 1. The SMILES string of the molecule is Cc1oc(C)c(S(=O)(=O)N2CCOCC2(C)C)c1CO. The summed E-state index contributed by atoms with van der Waals surface area (Å²) >= 11 is 0. The van der Waals surface area contributed by atoms with Crippen molar-refractivity contribution in [2.75, 3.05) is 19.8 Å². The van der Waals surface area contributed by atoms with E-state index in [4.69, 9.17) is 9.15 Å². The van der Waals surface area contributed by atoms with E-state index in [2.05, 4.69) is 0 Å². The molecule has 1 aromatic rings. The predicted octanol–water partition coefficient (Wildman–Crippen LogP) is 1.19. The summed E-state index contributed by atoms with van der Waals surface area (Å²) in [7, 11) is -3.72. The Morgan fingerprint density at radius 3 is 2.50 bits per heavy atom. The first-order valence-electron chi connectivity index (χ1n) is 6.52. The first-order valence-corrected chi connectivity index (χ1v) is 7.96. The van der Waals surface area contributed by atoms with Crippen molar-refractivity contribution in [2.45, 2.75) is 44.7 Å². The molecule has 0 aliphatic carbocycles. The van der Waals surface area contributed by atoms with Crippen LogP contribution in [0.5, 0.6) is 0 Å². The van der Waals surface area contributed by atoms with Crippen molar-refractivity contribution in [3.8, 4) is 0 Å². The van der Waals surface area contributed by atoms with Crippen LogP contribution in [0.25, 0.3) is 0 Å². The molecule has 1 N–H and O–H groups in total. The van der Waals surface area contributed by atoms with Crippen molar-refractivity contribution in [3.63, 3.8) is 0 Å². The molecule has 1 aliphatic rings. The molecule has 0 unspecified atom stereocenters. The van der Waals surface area contributed by atoms with E-state index in [1.165, 1.54) is 4.31 Å². The van der Waals surface area contributed by atoms with Gasteiger partial charge in [0.15, 0.2) is 0 Å². The molecule has 114 valence electrons. The lowest BCUT2D eigenvalue weighted by Gasteiger charge is -2.40. The molecule has 1 aliphatic heterocycles. The molecular formula is C13H21NO5S. The van der Waals surface area contributed by atoms with Gasteiger partial charge in [0.1, 0.15) is 16.4 Å². The Balaban J connectivity index is 2.56. The zero-order valence-corrected chi connectivity index (χ0v) is 13.1. The van der Waals surface area contributed by atoms with Crippen molar-refractivity contribution < 1.29 is 22.7 Å². The van der Waals surface area contributed by atoms with Gasteiger partial charge in [-0.3, -0.25) is 0 Å². The van der Waals surface area contributed by atoms with E-state index in [9.17, 15) is 13.5 Å². The number of morpholine rings is 1. The van der Waals surface area contributed by atoms with Crippen LogP contribution < -0.4 is 0 Å². The monoisotopic (exact) mass is 303 g/mol. The van der Waals surface area contributed by atoms with Crippen molar-refractivity contribution >= 4 is 10.0 Å². The molecule has 20 heavy (non-hydrogen) atoms. The largest absolute Gasteiger partial charge is 0.465 e. The van der Waals surface area contributed by atoms with Gasteiger partial charge in [-0.25, -0.2) is 8.42 Å². The molecule has 0 bridgehead atoms. The Morgan fingerprint density at radius 2 is 1.95 bits per heavy atom. The quantitative estimate of drug-likeness (QED) is 0.907. The summed E-state index contributed by atoms with van der Waals surface area (Å²) in [5.74, 6) is 0.753. The maximum Gasteiger partial charge on any atom is 0.247 e. The Kier molecular flexibility index (Phi) is 3.98. The minimum atomic E-state index is -3.72. The smallest absolute Gasteiger partial charge is 0.247 e. The van der Waals surface area contributed by atoms with E-state index in [1.54, 1.807) is 13.8 Å². The molecular weight excluding hydrogens is 282 g/mol. The van der Waals surface area contributed by atoms with Gasteiger partial charge in [0.2, 0.25) is 10.0 Å². The first kappa shape index (κ1) is 15.5. The molecule has 0 atom stereocenters. The molecule has 7 heteroatoms. The fourth-order valence-electron chi connectivity index (χ4n) is 2.63. The van der Waals surface area contributed by atoms with Crippen LogP contribution in [-0.2, 0) is 21.4 Å². The van der Waals surface area contributed by atoms with Gasteiger partial charge in [-0.15, -0.1) is 0 Å². The van der Waals surface area contributed by atoms with Crippen molar-refractivity contribution in [1.82, 2.24) is 4.31 Å². The van der Waals surface area contributed by atoms with Crippen LogP contribution in [-0.4, -0.2) is 43.1 Å². The van der Waals surface area contributed by atoms with Crippen LogP contribution in [0.3, 0.4) is 0 Å². The Hall–Kier alpha value is -0.890. The Bertz CT molecular complexity index is 603. The van der Waals surface area contributed by atoms with Gasteiger partial charge in [-0.1, -0.05) is 0 Å². The summed E-state index contributed by atoms with van der Waals surface area (Å²) in [6.45, 7) is 7.56. The minimum absolute atomic E-state index is 0.0903. The van der Waals surface area contributed by atoms with E-state index in [-0.39, 0.29) is 11.5 Å². The normalized spacial score (nSPS) is 20.2.